The molecule has 0 atom stereocenters. The summed E-state index contributed by atoms with van der Waals surface area (Å²) >= 11 is 2.00. The summed E-state index contributed by atoms with van der Waals surface area (Å²) < 4.78 is 14.1. The van der Waals surface area contributed by atoms with Gasteiger partial charge in [-0.3, -0.25) is 4.98 Å². The fourth-order valence-corrected chi connectivity index (χ4v) is 1.78. The van der Waals surface area contributed by atoms with Crippen LogP contribution >= 0.6 is 22.6 Å². The van der Waals surface area contributed by atoms with Crippen molar-refractivity contribution in [3.63, 3.8) is 0 Å². The van der Waals surface area contributed by atoms with Crippen molar-refractivity contribution < 1.29 is 14.3 Å². The Kier molecular flexibility index (Phi) is 2.56. The van der Waals surface area contributed by atoms with Crippen LogP contribution in [0.3, 0.4) is 0 Å². The number of hydrogen-bond acceptors (Lipinski definition) is 2. The Morgan fingerprint density at radius 1 is 1.47 bits per heavy atom. The Morgan fingerprint density at radius 2 is 2.20 bits per heavy atom. The molecule has 0 aliphatic rings. The number of carboxylic acid groups (broad SMARTS) is 1. The molecule has 2 rings (SSSR count). The van der Waals surface area contributed by atoms with Crippen molar-refractivity contribution in [1.29, 1.82) is 0 Å². The lowest BCUT2D eigenvalue weighted by atomic mass is 10.1. The van der Waals surface area contributed by atoms with E-state index in [4.69, 9.17) is 5.11 Å². The van der Waals surface area contributed by atoms with Gasteiger partial charge in [-0.15, -0.1) is 0 Å². The van der Waals surface area contributed by atoms with Gasteiger partial charge in [-0.05, 0) is 40.8 Å². The average Bonchev–Trinajstić information content (AvgIpc) is 2.19. The van der Waals surface area contributed by atoms with Gasteiger partial charge in [0.05, 0.1) is 11.1 Å². The molecule has 1 N–H and O–H groups in total. The van der Waals surface area contributed by atoms with Crippen LogP contribution in [0.4, 0.5) is 4.39 Å². The molecule has 0 aliphatic carbocycles. The van der Waals surface area contributed by atoms with Crippen LogP contribution in [0.25, 0.3) is 10.9 Å². The zero-order valence-electron chi connectivity index (χ0n) is 7.37. The van der Waals surface area contributed by atoms with Gasteiger partial charge in [0, 0.05) is 15.2 Å². The van der Waals surface area contributed by atoms with Crippen LogP contribution in [0.2, 0.25) is 0 Å². The van der Waals surface area contributed by atoms with Crippen LogP contribution in [-0.4, -0.2) is 16.1 Å². The number of aromatic carboxylic acids is 1. The third-order valence-electron chi connectivity index (χ3n) is 1.99. The van der Waals surface area contributed by atoms with E-state index in [1.165, 1.54) is 12.3 Å². The van der Waals surface area contributed by atoms with E-state index in [-0.39, 0.29) is 16.5 Å². The van der Waals surface area contributed by atoms with E-state index in [0.717, 1.165) is 9.64 Å². The van der Waals surface area contributed by atoms with E-state index in [0.29, 0.717) is 0 Å². The predicted octanol–water partition coefficient (Wildman–Crippen LogP) is 2.68. The first-order chi connectivity index (χ1) is 7.09. The van der Waals surface area contributed by atoms with Crippen molar-refractivity contribution in [1.82, 2.24) is 4.98 Å². The molecular formula is C10H5FINO2. The molecule has 0 bridgehead atoms. The van der Waals surface area contributed by atoms with E-state index in [9.17, 15) is 9.18 Å². The standard InChI is InChI=1S/C10H5FINO2/c11-8-2-1-6(10(14)15)9-7(8)3-5(12)4-13-9/h1-4H,(H,14,15). The highest BCUT2D eigenvalue weighted by Gasteiger charge is 2.12. The minimum Gasteiger partial charge on any atom is -0.478 e. The Labute approximate surface area is 98.1 Å². The van der Waals surface area contributed by atoms with Gasteiger partial charge in [0.2, 0.25) is 0 Å². The Balaban J connectivity index is 2.88. The second-order valence-electron chi connectivity index (χ2n) is 2.95. The Morgan fingerprint density at radius 3 is 2.87 bits per heavy atom. The molecule has 0 aliphatic heterocycles. The maximum absolute atomic E-state index is 13.4. The minimum absolute atomic E-state index is 0.0165. The molecule has 5 heteroatoms. The smallest absolute Gasteiger partial charge is 0.337 e. The lowest BCUT2D eigenvalue weighted by Crippen LogP contribution is -2.00. The SMILES string of the molecule is O=C(O)c1ccc(F)c2cc(I)cnc12. The first-order valence-electron chi connectivity index (χ1n) is 4.06. The van der Waals surface area contributed by atoms with E-state index < -0.39 is 11.8 Å². The molecule has 1 aromatic carbocycles. The third kappa shape index (κ3) is 1.79. The van der Waals surface area contributed by atoms with Gasteiger partial charge < -0.3 is 5.11 Å². The fraction of sp³-hybridized carbons (Fsp3) is 0. The molecule has 0 amide bonds. The zero-order chi connectivity index (χ0) is 11.0. The van der Waals surface area contributed by atoms with Gasteiger partial charge in [-0.1, -0.05) is 0 Å². The van der Waals surface area contributed by atoms with E-state index in [1.54, 1.807) is 6.07 Å². The number of fused-ring (bicyclic) bond motifs is 1. The molecule has 1 heterocycles. The summed E-state index contributed by atoms with van der Waals surface area (Å²) in [4.78, 5) is 14.8. The van der Waals surface area contributed by atoms with E-state index in [1.807, 2.05) is 22.6 Å². The van der Waals surface area contributed by atoms with Gasteiger partial charge in [-0.2, -0.15) is 0 Å². The number of benzene rings is 1. The summed E-state index contributed by atoms with van der Waals surface area (Å²) in [7, 11) is 0. The number of aromatic nitrogens is 1. The highest BCUT2D eigenvalue weighted by molar-refractivity contribution is 14.1. The molecule has 0 fully saturated rings. The lowest BCUT2D eigenvalue weighted by molar-refractivity contribution is 0.0699. The molecular weight excluding hydrogens is 312 g/mol. The maximum atomic E-state index is 13.4. The summed E-state index contributed by atoms with van der Waals surface area (Å²) in [6, 6.07) is 3.94. The van der Waals surface area contributed by atoms with Crippen molar-refractivity contribution >= 4 is 39.5 Å². The molecule has 0 radical (unpaired) electrons. The summed E-state index contributed by atoms with van der Waals surface area (Å²) in [6.45, 7) is 0. The molecule has 0 saturated heterocycles. The van der Waals surface area contributed by atoms with Crippen LogP contribution < -0.4 is 0 Å². The van der Waals surface area contributed by atoms with Crippen molar-refractivity contribution in [2.24, 2.45) is 0 Å². The van der Waals surface area contributed by atoms with Crippen molar-refractivity contribution in [2.75, 3.05) is 0 Å². The van der Waals surface area contributed by atoms with E-state index >= 15 is 0 Å². The van der Waals surface area contributed by atoms with Gasteiger partial charge in [-0.25, -0.2) is 9.18 Å². The maximum Gasteiger partial charge on any atom is 0.337 e. The number of rotatable bonds is 1. The summed E-state index contributed by atoms with van der Waals surface area (Å²) in [5.74, 6) is -1.56. The Hall–Kier alpha value is -1.24. The molecule has 2 aromatic rings. The minimum atomic E-state index is -1.10. The number of halogens is 2. The average molecular weight is 317 g/mol. The molecule has 0 spiro atoms. The molecule has 15 heavy (non-hydrogen) atoms. The Bertz CT molecular complexity index is 556. The van der Waals surface area contributed by atoms with Crippen LogP contribution in [0.15, 0.2) is 24.4 Å². The van der Waals surface area contributed by atoms with E-state index in [2.05, 4.69) is 4.98 Å². The number of carboxylic acids is 1. The molecule has 1 aromatic heterocycles. The zero-order valence-corrected chi connectivity index (χ0v) is 9.53. The largest absolute Gasteiger partial charge is 0.478 e. The number of nitrogens with zero attached hydrogens (tertiary/aromatic N) is 1. The monoisotopic (exact) mass is 317 g/mol. The summed E-state index contributed by atoms with van der Waals surface area (Å²) in [6.07, 6.45) is 1.51. The second-order valence-corrected chi connectivity index (χ2v) is 4.20. The molecule has 3 nitrogen and oxygen atoms in total. The van der Waals surface area contributed by atoms with Gasteiger partial charge >= 0.3 is 5.97 Å². The summed E-state index contributed by atoms with van der Waals surface area (Å²) in [5, 5.41) is 9.12. The van der Waals surface area contributed by atoms with Crippen LogP contribution in [0.5, 0.6) is 0 Å². The number of pyridine rings is 1. The van der Waals surface area contributed by atoms with Crippen LogP contribution in [0, 0.1) is 9.39 Å². The number of carbonyl (C=O) groups is 1. The van der Waals surface area contributed by atoms with Gasteiger partial charge in [0.15, 0.2) is 0 Å². The first-order valence-corrected chi connectivity index (χ1v) is 5.14. The molecule has 0 saturated carbocycles. The van der Waals surface area contributed by atoms with Crippen molar-refractivity contribution in [3.8, 4) is 0 Å². The van der Waals surface area contributed by atoms with Crippen molar-refractivity contribution in [2.45, 2.75) is 0 Å². The quantitative estimate of drug-likeness (QED) is 0.823. The molecule has 76 valence electrons. The highest BCUT2D eigenvalue weighted by Crippen LogP contribution is 2.21. The van der Waals surface area contributed by atoms with Gasteiger partial charge in [0.25, 0.3) is 0 Å². The van der Waals surface area contributed by atoms with Crippen LogP contribution in [0.1, 0.15) is 10.4 Å². The molecule has 0 unspecified atom stereocenters. The normalized spacial score (nSPS) is 10.5. The first kappa shape index (κ1) is 10.3. The third-order valence-corrected chi connectivity index (χ3v) is 2.58. The lowest BCUT2D eigenvalue weighted by Gasteiger charge is -2.02. The summed E-state index contributed by atoms with van der Waals surface area (Å²) in [5.41, 5.74) is 0.200. The highest BCUT2D eigenvalue weighted by atomic mass is 127. The van der Waals surface area contributed by atoms with Gasteiger partial charge in [0.1, 0.15) is 5.82 Å². The fourth-order valence-electron chi connectivity index (χ4n) is 1.33. The number of hydrogen-bond donors (Lipinski definition) is 1. The van der Waals surface area contributed by atoms with Crippen molar-refractivity contribution in [3.05, 3.63) is 39.3 Å². The van der Waals surface area contributed by atoms with Crippen LogP contribution in [-0.2, 0) is 0 Å². The second kappa shape index (κ2) is 3.73. The topological polar surface area (TPSA) is 50.2 Å². The predicted molar refractivity (Wildman–Crippen MR) is 61.4 cm³/mol.